The van der Waals surface area contributed by atoms with Gasteiger partial charge in [-0.1, -0.05) is 12.1 Å². The smallest absolute Gasteiger partial charge is 0.321 e. The zero-order valence-electron chi connectivity index (χ0n) is 12.7. The Kier molecular flexibility index (Phi) is 5.05. The van der Waals surface area contributed by atoms with E-state index in [1.165, 1.54) is 0 Å². The number of hydrogen-bond acceptors (Lipinski definition) is 3. The second-order valence-corrected chi connectivity index (χ2v) is 5.36. The average Bonchev–Trinajstić information content (AvgIpc) is 2.96. The minimum absolute atomic E-state index is 0.423. The molecule has 1 amide bonds. The molecule has 0 atom stereocenters. The molecule has 0 spiro atoms. The molecule has 124 valence electrons. The van der Waals surface area contributed by atoms with Crippen LogP contribution in [0, 0.1) is 0 Å². The lowest BCUT2D eigenvalue weighted by Gasteiger charge is -2.10. The monoisotopic (exact) mass is 326 g/mol. The van der Waals surface area contributed by atoms with E-state index >= 15 is 0 Å². The van der Waals surface area contributed by atoms with Crippen LogP contribution in [0.5, 0.6) is 0 Å². The van der Waals surface area contributed by atoms with Gasteiger partial charge in [-0.05, 0) is 38.2 Å². The molecule has 0 radical (unpaired) electrons. The summed E-state index contributed by atoms with van der Waals surface area (Å²) in [5.74, 6) is -0.879. The average molecular weight is 326 g/mol. The topological polar surface area (TPSA) is 61.0 Å². The number of halogens is 3. The fourth-order valence-corrected chi connectivity index (χ4v) is 1.98. The van der Waals surface area contributed by atoms with E-state index in [1.807, 2.05) is 31.1 Å². The summed E-state index contributed by atoms with van der Waals surface area (Å²) >= 11 is 0. The Hall–Kier alpha value is -2.35. The predicted molar refractivity (Wildman–Crippen MR) is 80.2 cm³/mol. The minimum atomic E-state index is -4.63. The van der Waals surface area contributed by atoms with Gasteiger partial charge in [-0.2, -0.15) is 18.3 Å². The first-order valence-electron chi connectivity index (χ1n) is 6.93. The van der Waals surface area contributed by atoms with Crippen molar-refractivity contribution in [2.24, 2.45) is 0 Å². The quantitative estimate of drug-likeness (QED) is 0.888. The van der Waals surface area contributed by atoms with Crippen LogP contribution in [0.4, 0.5) is 18.9 Å². The van der Waals surface area contributed by atoms with Crippen LogP contribution in [-0.4, -0.2) is 41.6 Å². The van der Waals surface area contributed by atoms with Gasteiger partial charge in [-0.3, -0.25) is 9.89 Å². The number of nitrogens with zero attached hydrogens (tertiary/aromatic N) is 2. The van der Waals surface area contributed by atoms with Gasteiger partial charge in [-0.15, -0.1) is 0 Å². The molecular weight excluding hydrogens is 309 g/mol. The van der Waals surface area contributed by atoms with Crippen molar-refractivity contribution < 1.29 is 18.0 Å². The molecule has 0 fully saturated rings. The molecule has 0 saturated heterocycles. The maximum absolute atomic E-state index is 12.7. The highest BCUT2D eigenvalue weighted by Crippen LogP contribution is 2.31. The molecule has 1 aromatic carbocycles. The van der Waals surface area contributed by atoms with Crippen molar-refractivity contribution >= 4 is 11.6 Å². The highest BCUT2D eigenvalue weighted by Gasteiger charge is 2.37. The number of amides is 1. The summed E-state index contributed by atoms with van der Waals surface area (Å²) in [6.07, 6.45) is -3.19. The van der Waals surface area contributed by atoms with E-state index in [2.05, 4.69) is 15.5 Å². The second kappa shape index (κ2) is 6.82. The van der Waals surface area contributed by atoms with Gasteiger partial charge in [0.2, 0.25) is 0 Å². The Morgan fingerprint density at radius 2 is 1.91 bits per heavy atom. The predicted octanol–water partition coefficient (Wildman–Crippen LogP) is 2.78. The van der Waals surface area contributed by atoms with Crippen LogP contribution < -0.4 is 5.32 Å². The van der Waals surface area contributed by atoms with E-state index in [1.54, 1.807) is 12.1 Å². The number of carbonyl (C=O) groups excluding carboxylic acids is 1. The fourth-order valence-electron chi connectivity index (χ4n) is 1.98. The molecule has 0 unspecified atom stereocenters. The first-order valence-corrected chi connectivity index (χ1v) is 6.93. The molecule has 0 aliphatic carbocycles. The summed E-state index contributed by atoms with van der Waals surface area (Å²) in [4.78, 5) is 14.0. The Balaban J connectivity index is 2.05. The van der Waals surface area contributed by atoms with Crippen molar-refractivity contribution in [3.05, 3.63) is 47.3 Å². The van der Waals surface area contributed by atoms with Crippen LogP contribution in [0.1, 0.15) is 21.6 Å². The minimum Gasteiger partial charge on any atom is -0.321 e. The third-order valence-corrected chi connectivity index (χ3v) is 3.23. The molecule has 0 bridgehead atoms. The maximum atomic E-state index is 12.7. The summed E-state index contributed by atoms with van der Waals surface area (Å²) in [7, 11) is 3.94. The van der Waals surface area contributed by atoms with Gasteiger partial charge < -0.3 is 10.2 Å². The molecule has 0 saturated carbocycles. The summed E-state index contributed by atoms with van der Waals surface area (Å²) in [5.41, 5.74) is -0.188. The van der Waals surface area contributed by atoms with Crippen LogP contribution in [-0.2, 0) is 12.6 Å². The van der Waals surface area contributed by atoms with Crippen LogP contribution in [0.15, 0.2) is 30.5 Å². The Morgan fingerprint density at radius 3 is 2.48 bits per heavy atom. The molecular formula is C15H17F3N4O. The SMILES string of the molecule is CN(C)CCc1ccc(NC(=O)c2[nH]ncc2C(F)(F)F)cc1. The molecule has 23 heavy (non-hydrogen) atoms. The molecule has 8 heteroatoms. The van der Waals surface area contributed by atoms with E-state index < -0.39 is 23.3 Å². The number of rotatable bonds is 5. The molecule has 2 rings (SSSR count). The van der Waals surface area contributed by atoms with Crippen LogP contribution in [0.2, 0.25) is 0 Å². The number of aromatic amines is 1. The number of anilines is 1. The van der Waals surface area contributed by atoms with Gasteiger partial charge in [0.05, 0.1) is 6.20 Å². The molecule has 1 aromatic heterocycles. The number of benzene rings is 1. The van der Waals surface area contributed by atoms with E-state index in [0.717, 1.165) is 18.5 Å². The maximum Gasteiger partial charge on any atom is 0.420 e. The number of likely N-dealkylation sites (N-methyl/N-ethyl adjacent to an activating group) is 1. The molecule has 0 aliphatic heterocycles. The van der Waals surface area contributed by atoms with Crippen LogP contribution in [0.3, 0.4) is 0 Å². The number of nitrogens with one attached hydrogen (secondary N) is 2. The molecule has 1 heterocycles. The Bertz CT molecular complexity index is 662. The van der Waals surface area contributed by atoms with Gasteiger partial charge >= 0.3 is 6.18 Å². The number of alkyl halides is 3. The zero-order chi connectivity index (χ0) is 17.0. The lowest BCUT2D eigenvalue weighted by atomic mass is 10.1. The Labute approximate surface area is 131 Å². The first kappa shape index (κ1) is 17.0. The third kappa shape index (κ3) is 4.56. The first-order chi connectivity index (χ1) is 10.8. The number of carbonyl (C=O) groups is 1. The molecule has 5 nitrogen and oxygen atoms in total. The highest BCUT2D eigenvalue weighted by molar-refractivity contribution is 6.03. The summed E-state index contributed by atoms with van der Waals surface area (Å²) in [6.45, 7) is 0.884. The van der Waals surface area contributed by atoms with Crippen LogP contribution in [0.25, 0.3) is 0 Å². The second-order valence-electron chi connectivity index (χ2n) is 5.36. The number of hydrogen-bond donors (Lipinski definition) is 2. The zero-order valence-corrected chi connectivity index (χ0v) is 12.7. The van der Waals surface area contributed by atoms with E-state index in [-0.39, 0.29) is 0 Å². The molecule has 2 aromatic rings. The summed E-state index contributed by atoms with van der Waals surface area (Å²) in [6, 6.07) is 6.98. The van der Waals surface area contributed by atoms with Gasteiger partial charge in [0.15, 0.2) is 0 Å². The number of H-pyrrole nitrogens is 1. The molecule has 0 aliphatic rings. The Morgan fingerprint density at radius 1 is 1.26 bits per heavy atom. The lowest BCUT2D eigenvalue weighted by molar-refractivity contribution is -0.137. The van der Waals surface area contributed by atoms with Gasteiger partial charge in [0.25, 0.3) is 5.91 Å². The van der Waals surface area contributed by atoms with Gasteiger partial charge in [0, 0.05) is 12.2 Å². The largest absolute Gasteiger partial charge is 0.420 e. The van der Waals surface area contributed by atoms with Crippen molar-refractivity contribution in [3.8, 4) is 0 Å². The normalized spacial score (nSPS) is 11.7. The molecule has 2 N–H and O–H groups in total. The van der Waals surface area contributed by atoms with Crippen molar-refractivity contribution in [1.29, 1.82) is 0 Å². The standard InChI is InChI=1S/C15H17F3N4O/c1-22(2)8-7-10-3-5-11(6-4-10)20-14(23)13-12(9-19-21-13)15(16,17)18/h3-6,9H,7-8H2,1-2H3,(H,19,21)(H,20,23). The van der Waals surface area contributed by atoms with E-state index in [0.29, 0.717) is 11.9 Å². The summed E-state index contributed by atoms with van der Waals surface area (Å²) in [5, 5.41) is 7.81. The number of aromatic nitrogens is 2. The fraction of sp³-hybridized carbons (Fsp3) is 0.333. The third-order valence-electron chi connectivity index (χ3n) is 3.23. The van der Waals surface area contributed by atoms with Crippen LogP contribution >= 0.6 is 0 Å². The van der Waals surface area contributed by atoms with Gasteiger partial charge in [-0.25, -0.2) is 0 Å². The van der Waals surface area contributed by atoms with Crippen molar-refractivity contribution in [1.82, 2.24) is 15.1 Å². The van der Waals surface area contributed by atoms with E-state index in [9.17, 15) is 18.0 Å². The van der Waals surface area contributed by atoms with E-state index in [4.69, 9.17) is 0 Å². The highest BCUT2D eigenvalue weighted by atomic mass is 19.4. The van der Waals surface area contributed by atoms with Crippen molar-refractivity contribution in [2.45, 2.75) is 12.6 Å². The summed E-state index contributed by atoms with van der Waals surface area (Å²) < 4.78 is 38.2. The lowest BCUT2D eigenvalue weighted by Crippen LogP contribution is -2.18. The van der Waals surface area contributed by atoms with Gasteiger partial charge in [0.1, 0.15) is 11.3 Å². The van der Waals surface area contributed by atoms with Crippen molar-refractivity contribution in [3.63, 3.8) is 0 Å². The van der Waals surface area contributed by atoms with Crippen molar-refractivity contribution in [2.75, 3.05) is 26.0 Å².